The van der Waals surface area contributed by atoms with E-state index in [9.17, 15) is 4.79 Å². The molecule has 0 aliphatic carbocycles. The van der Waals surface area contributed by atoms with Crippen LogP contribution in [0.1, 0.15) is 11.1 Å². The minimum atomic E-state index is -0.591. The zero-order valence-electron chi connectivity index (χ0n) is 13.7. The molecule has 1 N–H and O–H groups in total. The van der Waals surface area contributed by atoms with Crippen LogP contribution in [0.15, 0.2) is 54.7 Å². The summed E-state index contributed by atoms with van der Waals surface area (Å²) in [6, 6.07) is 14.6. The molecule has 2 heterocycles. The third-order valence-corrected chi connectivity index (χ3v) is 4.84. The highest BCUT2D eigenvalue weighted by atomic mass is 35.5. The third kappa shape index (κ3) is 3.41. The zero-order chi connectivity index (χ0) is 18.1. The molecule has 1 aliphatic heterocycles. The first kappa shape index (κ1) is 16.9. The molecule has 3 aromatic rings. The molecule has 7 heteroatoms. The number of hydrogen-bond acceptors (Lipinski definition) is 3. The summed E-state index contributed by atoms with van der Waals surface area (Å²) in [5.41, 5.74) is 1.86. The maximum atomic E-state index is 12.6. The van der Waals surface area contributed by atoms with Gasteiger partial charge in [0.25, 0.3) is 5.91 Å². The summed E-state index contributed by atoms with van der Waals surface area (Å²) in [5.74, 6) is 1.06. The van der Waals surface area contributed by atoms with Gasteiger partial charge in [-0.05, 0) is 35.4 Å². The number of amides is 1. The van der Waals surface area contributed by atoms with Gasteiger partial charge in [0.15, 0.2) is 6.10 Å². The van der Waals surface area contributed by atoms with Crippen LogP contribution in [0, 0.1) is 0 Å². The summed E-state index contributed by atoms with van der Waals surface area (Å²) in [5, 5.41) is 8.44. The normalized spacial score (nSPS) is 15.4. The molecule has 132 valence electrons. The molecule has 1 aliphatic rings. The molecule has 0 radical (unpaired) electrons. The van der Waals surface area contributed by atoms with E-state index in [1.807, 2.05) is 30.3 Å². The van der Waals surface area contributed by atoms with Gasteiger partial charge in [-0.2, -0.15) is 5.10 Å². The van der Waals surface area contributed by atoms with Crippen LogP contribution in [0.4, 0.5) is 5.82 Å². The lowest BCUT2D eigenvalue weighted by Crippen LogP contribution is -2.32. The topological polar surface area (TPSA) is 56.2 Å². The van der Waals surface area contributed by atoms with Gasteiger partial charge < -0.3 is 10.1 Å². The molecule has 1 aromatic heterocycles. The molecule has 4 rings (SSSR count). The number of ether oxygens (including phenoxy) is 1. The molecular formula is C19H15Cl2N3O2. The molecule has 26 heavy (non-hydrogen) atoms. The number of fused-ring (bicyclic) bond motifs is 1. The minimum Gasteiger partial charge on any atom is -0.480 e. The molecular weight excluding hydrogens is 373 g/mol. The molecule has 2 aromatic carbocycles. The van der Waals surface area contributed by atoms with Gasteiger partial charge in [0, 0.05) is 22.5 Å². The van der Waals surface area contributed by atoms with Crippen LogP contribution in [-0.2, 0) is 17.8 Å². The van der Waals surface area contributed by atoms with Crippen molar-refractivity contribution in [3.8, 4) is 5.75 Å². The molecule has 0 saturated carbocycles. The predicted octanol–water partition coefficient (Wildman–Crippen LogP) is 4.18. The van der Waals surface area contributed by atoms with Crippen LogP contribution in [0.5, 0.6) is 5.75 Å². The Hall–Kier alpha value is -2.50. The van der Waals surface area contributed by atoms with E-state index >= 15 is 0 Å². The highest BCUT2D eigenvalue weighted by molar-refractivity contribution is 6.31. The van der Waals surface area contributed by atoms with Crippen LogP contribution in [-0.4, -0.2) is 21.8 Å². The fourth-order valence-electron chi connectivity index (χ4n) is 2.92. The van der Waals surface area contributed by atoms with E-state index in [2.05, 4.69) is 10.4 Å². The Bertz CT molecular complexity index is 971. The molecule has 1 amide bonds. The van der Waals surface area contributed by atoms with Crippen molar-refractivity contribution < 1.29 is 9.53 Å². The SMILES string of the molecule is O=C(Nc1ccnn1Cc1ccccc1Cl)C1Cc2cc(Cl)ccc2O1. The van der Waals surface area contributed by atoms with Crippen molar-refractivity contribution in [2.24, 2.45) is 0 Å². The fraction of sp³-hybridized carbons (Fsp3) is 0.158. The second kappa shape index (κ2) is 7.02. The van der Waals surface area contributed by atoms with Gasteiger partial charge in [0.1, 0.15) is 11.6 Å². The number of nitrogens with zero attached hydrogens (tertiary/aromatic N) is 2. The van der Waals surface area contributed by atoms with Gasteiger partial charge >= 0.3 is 0 Å². The smallest absolute Gasteiger partial charge is 0.266 e. The van der Waals surface area contributed by atoms with E-state index in [1.54, 1.807) is 29.1 Å². The minimum absolute atomic E-state index is 0.224. The van der Waals surface area contributed by atoms with E-state index in [-0.39, 0.29) is 5.91 Å². The number of anilines is 1. The number of carbonyl (C=O) groups excluding carboxylic acids is 1. The number of aromatic nitrogens is 2. The van der Waals surface area contributed by atoms with Crippen LogP contribution >= 0.6 is 23.2 Å². The van der Waals surface area contributed by atoms with Crippen molar-refractivity contribution >= 4 is 34.9 Å². The van der Waals surface area contributed by atoms with Gasteiger partial charge in [0.2, 0.25) is 0 Å². The van der Waals surface area contributed by atoms with Crippen molar-refractivity contribution in [3.63, 3.8) is 0 Å². The van der Waals surface area contributed by atoms with E-state index in [0.717, 1.165) is 11.1 Å². The molecule has 0 spiro atoms. The summed E-state index contributed by atoms with van der Waals surface area (Å²) < 4.78 is 7.42. The Morgan fingerprint density at radius 2 is 2.08 bits per heavy atom. The van der Waals surface area contributed by atoms with E-state index in [1.165, 1.54) is 0 Å². The highest BCUT2D eigenvalue weighted by Gasteiger charge is 2.29. The zero-order valence-corrected chi connectivity index (χ0v) is 15.2. The molecule has 5 nitrogen and oxygen atoms in total. The summed E-state index contributed by atoms with van der Waals surface area (Å²) in [6.45, 7) is 0.462. The Balaban J connectivity index is 1.46. The summed E-state index contributed by atoms with van der Waals surface area (Å²) in [7, 11) is 0. The maximum Gasteiger partial charge on any atom is 0.266 e. The largest absolute Gasteiger partial charge is 0.480 e. The van der Waals surface area contributed by atoms with Crippen LogP contribution in [0.2, 0.25) is 10.0 Å². The van der Waals surface area contributed by atoms with Gasteiger partial charge in [-0.15, -0.1) is 0 Å². The van der Waals surface area contributed by atoms with Gasteiger partial charge in [0.05, 0.1) is 12.7 Å². The maximum absolute atomic E-state index is 12.6. The van der Waals surface area contributed by atoms with Gasteiger partial charge in [-0.1, -0.05) is 41.4 Å². The fourth-order valence-corrected chi connectivity index (χ4v) is 3.31. The van der Waals surface area contributed by atoms with Crippen LogP contribution < -0.4 is 10.1 Å². The molecule has 0 bridgehead atoms. The Labute approximate surface area is 160 Å². The monoisotopic (exact) mass is 387 g/mol. The highest BCUT2D eigenvalue weighted by Crippen LogP contribution is 2.31. The number of halogens is 2. The molecule has 1 unspecified atom stereocenters. The van der Waals surface area contributed by atoms with E-state index in [4.69, 9.17) is 27.9 Å². The number of rotatable bonds is 4. The second-order valence-corrected chi connectivity index (χ2v) is 6.86. The lowest BCUT2D eigenvalue weighted by Gasteiger charge is -2.13. The molecule has 0 saturated heterocycles. The van der Waals surface area contributed by atoms with Gasteiger partial charge in [-0.25, -0.2) is 4.68 Å². The summed E-state index contributed by atoms with van der Waals surface area (Å²) >= 11 is 12.2. The molecule has 0 fully saturated rings. The van der Waals surface area contributed by atoms with Crippen molar-refractivity contribution in [1.29, 1.82) is 0 Å². The average molecular weight is 388 g/mol. The predicted molar refractivity (Wildman–Crippen MR) is 101 cm³/mol. The number of nitrogens with one attached hydrogen (secondary N) is 1. The Morgan fingerprint density at radius 3 is 2.92 bits per heavy atom. The van der Waals surface area contributed by atoms with Crippen molar-refractivity contribution in [1.82, 2.24) is 9.78 Å². The third-order valence-electron chi connectivity index (χ3n) is 4.24. The Morgan fingerprint density at radius 1 is 1.23 bits per heavy atom. The summed E-state index contributed by atoms with van der Waals surface area (Å²) in [4.78, 5) is 12.6. The lowest BCUT2D eigenvalue weighted by atomic mass is 10.1. The average Bonchev–Trinajstić information content (AvgIpc) is 3.23. The number of carbonyl (C=O) groups is 1. The number of benzene rings is 2. The van der Waals surface area contributed by atoms with Crippen LogP contribution in [0.3, 0.4) is 0 Å². The lowest BCUT2D eigenvalue weighted by molar-refractivity contribution is -0.122. The summed E-state index contributed by atoms with van der Waals surface area (Å²) in [6.07, 6.45) is 1.53. The van der Waals surface area contributed by atoms with E-state index in [0.29, 0.717) is 34.6 Å². The quantitative estimate of drug-likeness (QED) is 0.730. The second-order valence-electron chi connectivity index (χ2n) is 6.02. The van der Waals surface area contributed by atoms with Gasteiger partial charge in [-0.3, -0.25) is 4.79 Å². The van der Waals surface area contributed by atoms with Crippen molar-refractivity contribution in [3.05, 3.63) is 75.9 Å². The first-order valence-corrected chi connectivity index (χ1v) is 8.87. The van der Waals surface area contributed by atoms with E-state index < -0.39 is 6.10 Å². The standard InChI is InChI=1S/C19H15Cl2N3O2/c20-14-5-6-16-13(9-14)10-17(26-16)19(25)23-18-7-8-22-24(18)11-12-3-1-2-4-15(12)21/h1-9,17H,10-11H2,(H,23,25). The van der Waals surface area contributed by atoms with Crippen molar-refractivity contribution in [2.45, 2.75) is 19.1 Å². The first-order valence-electron chi connectivity index (χ1n) is 8.11. The number of hydrogen-bond donors (Lipinski definition) is 1. The van der Waals surface area contributed by atoms with Crippen molar-refractivity contribution in [2.75, 3.05) is 5.32 Å². The molecule has 1 atom stereocenters. The Kier molecular flexibility index (Phi) is 4.57. The van der Waals surface area contributed by atoms with Crippen LogP contribution in [0.25, 0.3) is 0 Å². The first-order chi connectivity index (χ1) is 12.6.